The predicted molar refractivity (Wildman–Crippen MR) is 93.9 cm³/mol. The average molecular weight is 353 g/mol. The molecule has 1 aliphatic rings. The molecule has 24 heavy (non-hydrogen) atoms. The van der Waals surface area contributed by atoms with Crippen molar-refractivity contribution in [1.82, 2.24) is 10.6 Å². The lowest BCUT2D eigenvalue weighted by Gasteiger charge is -2.33. The quantitative estimate of drug-likeness (QED) is 0.883. The number of halogens is 2. The Hall–Kier alpha value is -1.85. The second-order valence-electron chi connectivity index (χ2n) is 6.41. The molecule has 0 atom stereocenters. The van der Waals surface area contributed by atoms with Crippen molar-refractivity contribution in [2.24, 2.45) is 5.41 Å². The molecule has 1 amide bonds. The topological polar surface area (TPSA) is 54.3 Å². The van der Waals surface area contributed by atoms with E-state index in [0.29, 0.717) is 12.3 Å². The largest absolute Gasteiger partial charge is 0.451 e. The van der Waals surface area contributed by atoms with Gasteiger partial charge in [0.2, 0.25) is 0 Å². The van der Waals surface area contributed by atoms with Crippen molar-refractivity contribution in [3.63, 3.8) is 0 Å². The van der Waals surface area contributed by atoms with Gasteiger partial charge in [-0.15, -0.1) is 12.4 Å². The van der Waals surface area contributed by atoms with Crippen molar-refractivity contribution in [2.75, 3.05) is 19.6 Å². The first-order valence-corrected chi connectivity index (χ1v) is 7.90. The van der Waals surface area contributed by atoms with E-state index >= 15 is 0 Å². The number of piperidine rings is 1. The maximum absolute atomic E-state index is 12.9. The molecule has 1 aromatic heterocycles. The lowest BCUT2D eigenvalue weighted by atomic mass is 9.81. The Morgan fingerprint density at radius 1 is 1.21 bits per heavy atom. The first-order chi connectivity index (χ1) is 11.1. The molecule has 2 heterocycles. The van der Waals surface area contributed by atoms with Gasteiger partial charge in [0.25, 0.3) is 5.91 Å². The highest BCUT2D eigenvalue weighted by Crippen LogP contribution is 2.27. The molecule has 130 valence electrons. The zero-order chi connectivity index (χ0) is 16.3. The third-order valence-electron chi connectivity index (χ3n) is 4.44. The zero-order valence-electron chi connectivity index (χ0n) is 13.6. The van der Waals surface area contributed by atoms with E-state index in [1.165, 1.54) is 12.1 Å². The van der Waals surface area contributed by atoms with E-state index in [4.69, 9.17) is 4.42 Å². The highest BCUT2D eigenvalue weighted by atomic mass is 35.5. The number of carbonyl (C=O) groups excluding carboxylic acids is 1. The van der Waals surface area contributed by atoms with E-state index in [2.05, 4.69) is 17.6 Å². The van der Waals surface area contributed by atoms with Gasteiger partial charge in [-0.3, -0.25) is 4.79 Å². The molecular weight excluding hydrogens is 331 g/mol. The fraction of sp³-hybridized carbons (Fsp3) is 0.389. The molecule has 1 aliphatic heterocycles. The molecule has 1 saturated heterocycles. The number of rotatable bonds is 4. The Morgan fingerprint density at radius 2 is 1.88 bits per heavy atom. The second kappa shape index (κ2) is 7.81. The summed E-state index contributed by atoms with van der Waals surface area (Å²) in [4.78, 5) is 12.2. The minimum absolute atomic E-state index is 0. The number of hydrogen-bond donors (Lipinski definition) is 2. The van der Waals surface area contributed by atoms with E-state index < -0.39 is 0 Å². The summed E-state index contributed by atoms with van der Waals surface area (Å²) in [5, 5.41) is 6.29. The number of furan rings is 1. The SMILES string of the molecule is CC1(CNC(=O)c2ccc(-c3ccc(F)cc3)o2)CCNCC1.Cl. The number of benzene rings is 1. The Morgan fingerprint density at radius 3 is 2.54 bits per heavy atom. The maximum atomic E-state index is 12.9. The summed E-state index contributed by atoms with van der Waals surface area (Å²) >= 11 is 0. The van der Waals surface area contributed by atoms with Gasteiger partial charge in [-0.25, -0.2) is 4.39 Å². The van der Waals surface area contributed by atoms with Gasteiger partial charge in [-0.1, -0.05) is 6.92 Å². The Kier molecular flexibility index (Phi) is 6.02. The Bertz CT molecular complexity index is 679. The summed E-state index contributed by atoms with van der Waals surface area (Å²) in [6.07, 6.45) is 2.10. The molecule has 6 heteroatoms. The van der Waals surface area contributed by atoms with Crippen LogP contribution in [0.2, 0.25) is 0 Å². The first kappa shape index (κ1) is 18.5. The minimum Gasteiger partial charge on any atom is -0.451 e. The van der Waals surface area contributed by atoms with Crippen molar-refractivity contribution in [3.8, 4) is 11.3 Å². The summed E-state index contributed by atoms with van der Waals surface area (Å²) in [6, 6.07) is 9.39. The third kappa shape index (κ3) is 4.36. The summed E-state index contributed by atoms with van der Waals surface area (Å²) in [5.41, 5.74) is 0.878. The van der Waals surface area contributed by atoms with Gasteiger partial charge in [-0.05, 0) is 67.7 Å². The standard InChI is InChI=1S/C18H21FN2O2.ClH/c1-18(8-10-20-11-9-18)12-21-17(22)16-7-6-15(23-16)13-2-4-14(19)5-3-13;/h2-7,20H,8-12H2,1H3,(H,21,22);1H. The van der Waals surface area contributed by atoms with Gasteiger partial charge < -0.3 is 15.1 Å². The van der Waals surface area contributed by atoms with Crippen LogP contribution in [0.4, 0.5) is 4.39 Å². The van der Waals surface area contributed by atoms with E-state index in [1.807, 2.05) is 0 Å². The van der Waals surface area contributed by atoms with Crippen molar-refractivity contribution in [1.29, 1.82) is 0 Å². The maximum Gasteiger partial charge on any atom is 0.287 e. The third-order valence-corrected chi connectivity index (χ3v) is 4.44. The molecule has 2 aromatic rings. The van der Waals surface area contributed by atoms with Crippen LogP contribution in [0.3, 0.4) is 0 Å². The Balaban J connectivity index is 0.00000208. The average Bonchev–Trinajstić information content (AvgIpc) is 3.04. The Labute approximate surface area is 147 Å². The normalized spacial score (nSPS) is 16.2. The van der Waals surface area contributed by atoms with Gasteiger partial charge in [0.05, 0.1) is 0 Å². The van der Waals surface area contributed by atoms with Gasteiger partial charge in [0.15, 0.2) is 5.76 Å². The van der Waals surface area contributed by atoms with Crippen LogP contribution in [0.5, 0.6) is 0 Å². The number of nitrogens with one attached hydrogen (secondary N) is 2. The number of hydrogen-bond acceptors (Lipinski definition) is 3. The van der Waals surface area contributed by atoms with E-state index in [1.54, 1.807) is 24.3 Å². The van der Waals surface area contributed by atoms with Crippen LogP contribution in [0.25, 0.3) is 11.3 Å². The first-order valence-electron chi connectivity index (χ1n) is 7.90. The van der Waals surface area contributed by atoms with E-state index in [-0.39, 0.29) is 35.3 Å². The number of amides is 1. The molecule has 1 fully saturated rings. The lowest BCUT2D eigenvalue weighted by molar-refractivity contribution is 0.0895. The van der Waals surface area contributed by atoms with Gasteiger partial charge in [0.1, 0.15) is 11.6 Å². The predicted octanol–water partition coefficient (Wildman–Crippen LogP) is 3.63. The molecule has 0 unspecified atom stereocenters. The molecule has 2 N–H and O–H groups in total. The van der Waals surface area contributed by atoms with Crippen molar-refractivity contribution >= 4 is 18.3 Å². The van der Waals surface area contributed by atoms with Crippen LogP contribution in [0, 0.1) is 11.2 Å². The fourth-order valence-corrected chi connectivity index (χ4v) is 2.82. The molecule has 0 spiro atoms. The van der Waals surface area contributed by atoms with Crippen molar-refractivity contribution in [2.45, 2.75) is 19.8 Å². The van der Waals surface area contributed by atoms with Crippen LogP contribution < -0.4 is 10.6 Å². The van der Waals surface area contributed by atoms with Crippen molar-refractivity contribution in [3.05, 3.63) is 48.0 Å². The molecular formula is C18H22ClFN2O2. The highest BCUT2D eigenvalue weighted by molar-refractivity contribution is 5.92. The van der Waals surface area contributed by atoms with Crippen molar-refractivity contribution < 1.29 is 13.6 Å². The summed E-state index contributed by atoms with van der Waals surface area (Å²) in [6.45, 7) is 4.81. The van der Waals surface area contributed by atoms with Crippen LogP contribution in [-0.2, 0) is 0 Å². The summed E-state index contributed by atoms with van der Waals surface area (Å²) < 4.78 is 18.5. The smallest absolute Gasteiger partial charge is 0.287 e. The molecule has 0 radical (unpaired) electrons. The molecule has 3 rings (SSSR count). The van der Waals surface area contributed by atoms with E-state index in [0.717, 1.165) is 31.5 Å². The number of carbonyl (C=O) groups is 1. The summed E-state index contributed by atoms with van der Waals surface area (Å²) in [7, 11) is 0. The minimum atomic E-state index is -0.298. The van der Waals surface area contributed by atoms with Crippen LogP contribution in [0.15, 0.2) is 40.8 Å². The monoisotopic (exact) mass is 352 g/mol. The molecule has 1 aromatic carbocycles. The second-order valence-corrected chi connectivity index (χ2v) is 6.41. The van der Waals surface area contributed by atoms with Gasteiger partial charge in [0, 0.05) is 12.1 Å². The van der Waals surface area contributed by atoms with Crippen LogP contribution in [-0.4, -0.2) is 25.5 Å². The van der Waals surface area contributed by atoms with Crippen LogP contribution in [0.1, 0.15) is 30.3 Å². The summed E-state index contributed by atoms with van der Waals surface area (Å²) in [5.74, 6) is 0.330. The van der Waals surface area contributed by atoms with Gasteiger partial charge in [-0.2, -0.15) is 0 Å². The van der Waals surface area contributed by atoms with Gasteiger partial charge >= 0.3 is 0 Å². The van der Waals surface area contributed by atoms with Crippen LogP contribution >= 0.6 is 12.4 Å². The zero-order valence-corrected chi connectivity index (χ0v) is 14.4. The molecule has 4 nitrogen and oxygen atoms in total. The van der Waals surface area contributed by atoms with E-state index in [9.17, 15) is 9.18 Å². The lowest BCUT2D eigenvalue weighted by Crippen LogP contribution is -2.42. The molecule has 0 aliphatic carbocycles. The highest BCUT2D eigenvalue weighted by Gasteiger charge is 2.27. The fourth-order valence-electron chi connectivity index (χ4n) is 2.82. The molecule has 0 saturated carbocycles. The molecule has 0 bridgehead atoms.